The van der Waals surface area contributed by atoms with Crippen LogP contribution in [0.15, 0.2) is 22.8 Å². The van der Waals surface area contributed by atoms with Crippen LogP contribution in [0.5, 0.6) is 0 Å². The molecule has 1 aromatic rings. The van der Waals surface area contributed by atoms with E-state index in [4.69, 9.17) is 9.68 Å². The van der Waals surface area contributed by atoms with Crippen molar-refractivity contribution in [2.24, 2.45) is 0 Å². The first kappa shape index (κ1) is 7.83. The summed E-state index contributed by atoms with van der Waals surface area (Å²) in [7, 11) is 0. The van der Waals surface area contributed by atoms with Gasteiger partial charge in [-0.3, -0.25) is 5.32 Å². The summed E-state index contributed by atoms with van der Waals surface area (Å²) in [6.07, 6.45) is 1.62. The molecule has 0 spiro atoms. The van der Waals surface area contributed by atoms with Gasteiger partial charge in [-0.25, -0.2) is 0 Å². The number of hydrogen-bond donors (Lipinski definition) is 1. The first-order chi connectivity index (χ1) is 5.33. The fraction of sp³-hybridized carbons (Fsp3) is 0.375. The molecule has 0 fully saturated rings. The second-order valence-electron chi connectivity index (χ2n) is 2.31. The van der Waals surface area contributed by atoms with Gasteiger partial charge in [-0.1, -0.05) is 0 Å². The first-order valence-corrected chi connectivity index (χ1v) is 3.48. The van der Waals surface area contributed by atoms with Gasteiger partial charge < -0.3 is 4.42 Å². The maximum absolute atomic E-state index is 8.42. The SMILES string of the molecule is CC(C#N)NCc1ccco1. The summed E-state index contributed by atoms with van der Waals surface area (Å²) in [5.41, 5.74) is 0. The molecule has 0 amide bonds. The molecule has 1 atom stereocenters. The summed E-state index contributed by atoms with van der Waals surface area (Å²) in [5.74, 6) is 0.854. The second kappa shape index (κ2) is 3.79. The Balaban J connectivity index is 2.30. The maximum atomic E-state index is 8.42. The molecule has 0 radical (unpaired) electrons. The molecule has 1 rings (SSSR count). The minimum atomic E-state index is -0.125. The van der Waals surface area contributed by atoms with Crippen molar-refractivity contribution < 1.29 is 4.42 Å². The van der Waals surface area contributed by atoms with E-state index < -0.39 is 0 Å². The summed E-state index contributed by atoms with van der Waals surface area (Å²) in [6.45, 7) is 2.42. The Bertz CT molecular complexity index is 235. The van der Waals surface area contributed by atoms with Crippen LogP contribution in [0, 0.1) is 11.3 Å². The fourth-order valence-corrected chi connectivity index (χ4v) is 0.712. The Morgan fingerprint density at radius 2 is 2.64 bits per heavy atom. The molecule has 0 bridgehead atoms. The zero-order chi connectivity index (χ0) is 8.10. The molecule has 3 heteroatoms. The molecule has 1 N–H and O–H groups in total. The molecule has 1 unspecified atom stereocenters. The molecule has 11 heavy (non-hydrogen) atoms. The van der Waals surface area contributed by atoms with Gasteiger partial charge in [0.1, 0.15) is 5.76 Å². The third-order valence-corrected chi connectivity index (χ3v) is 1.36. The Morgan fingerprint density at radius 1 is 1.82 bits per heavy atom. The normalized spacial score (nSPS) is 12.4. The summed E-state index contributed by atoms with van der Waals surface area (Å²) in [5, 5.41) is 11.4. The number of nitrogens with one attached hydrogen (secondary N) is 1. The van der Waals surface area contributed by atoms with Crippen LogP contribution in [0.2, 0.25) is 0 Å². The van der Waals surface area contributed by atoms with Gasteiger partial charge in [-0.2, -0.15) is 5.26 Å². The topological polar surface area (TPSA) is 49.0 Å². The summed E-state index contributed by atoms with van der Waals surface area (Å²) >= 11 is 0. The quantitative estimate of drug-likeness (QED) is 0.706. The van der Waals surface area contributed by atoms with Gasteiger partial charge in [0.25, 0.3) is 0 Å². The predicted octanol–water partition coefficient (Wildman–Crippen LogP) is 1.28. The molecule has 1 heterocycles. The molecule has 0 saturated carbocycles. The predicted molar refractivity (Wildman–Crippen MR) is 40.6 cm³/mol. The summed E-state index contributed by atoms with van der Waals surface area (Å²) in [4.78, 5) is 0. The van der Waals surface area contributed by atoms with E-state index in [2.05, 4.69) is 11.4 Å². The van der Waals surface area contributed by atoms with E-state index in [-0.39, 0.29) is 6.04 Å². The maximum Gasteiger partial charge on any atom is 0.117 e. The number of hydrogen-bond acceptors (Lipinski definition) is 3. The zero-order valence-electron chi connectivity index (χ0n) is 6.37. The van der Waals surface area contributed by atoms with E-state index in [1.165, 1.54) is 0 Å². The molecular formula is C8H10N2O. The second-order valence-corrected chi connectivity index (χ2v) is 2.31. The van der Waals surface area contributed by atoms with Gasteiger partial charge in [0, 0.05) is 0 Å². The number of nitriles is 1. The lowest BCUT2D eigenvalue weighted by Crippen LogP contribution is -2.23. The van der Waals surface area contributed by atoms with Gasteiger partial charge in [-0.05, 0) is 19.1 Å². The van der Waals surface area contributed by atoms with Crippen LogP contribution < -0.4 is 5.32 Å². The van der Waals surface area contributed by atoms with E-state index in [1.54, 1.807) is 6.26 Å². The van der Waals surface area contributed by atoms with E-state index >= 15 is 0 Å². The highest BCUT2D eigenvalue weighted by Crippen LogP contribution is 1.98. The Morgan fingerprint density at radius 3 is 3.18 bits per heavy atom. The molecule has 3 nitrogen and oxygen atoms in total. The van der Waals surface area contributed by atoms with E-state index in [9.17, 15) is 0 Å². The minimum absolute atomic E-state index is 0.125. The van der Waals surface area contributed by atoms with Crippen molar-refractivity contribution in [3.63, 3.8) is 0 Å². The average molecular weight is 150 g/mol. The third kappa shape index (κ3) is 2.44. The molecular weight excluding hydrogens is 140 g/mol. The molecule has 0 aliphatic heterocycles. The smallest absolute Gasteiger partial charge is 0.117 e. The first-order valence-electron chi connectivity index (χ1n) is 3.48. The largest absolute Gasteiger partial charge is 0.468 e. The van der Waals surface area contributed by atoms with Crippen molar-refractivity contribution in [2.45, 2.75) is 19.5 Å². The fourth-order valence-electron chi connectivity index (χ4n) is 0.712. The highest BCUT2D eigenvalue weighted by molar-refractivity contribution is 4.98. The minimum Gasteiger partial charge on any atom is -0.468 e. The van der Waals surface area contributed by atoms with Crippen molar-refractivity contribution in [3.8, 4) is 6.07 Å². The van der Waals surface area contributed by atoms with E-state index in [0.717, 1.165) is 5.76 Å². The number of nitrogens with zero attached hydrogens (tertiary/aromatic N) is 1. The molecule has 0 aliphatic carbocycles. The Hall–Kier alpha value is -1.27. The summed E-state index contributed by atoms with van der Waals surface area (Å²) < 4.78 is 5.06. The van der Waals surface area contributed by atoms with Crippen LogP contribution in [-0.2, 0) is 6.54 Å². The van der Waals surface area contributed by atoms with Gasteiger partial charge in [0.05, 0.1) is 24.9 Å². The van der Waals surface area contributed by atoms with Crippen molar-refractivity contribution in [1.82, 2.24) is 5.32 Å². The highest BCUT2D eigenvalue weighted by Gasteiger charge is 1.98. The molecule has 0 saturated heterocycles. The van der Waals surface area contributed by atoms with Crippen LogP contribution in [0.25, 0.3) is 0 Å². The lowest BCUT2D eigenvalue weighted by Gasteiger charge is -2.01. The van der Waals surface area contributed by atoms with Gasteiger partial charge in [0.2, 0.25) is 0 Å². The summed E-state index contributed by atoms with van der Waals surface area (Å²) in [6, 6.07) is 5.65. The lowest BCUT2D eigenvalue weighted by molar-refractivity contribution is 0.476. The third-order valence-electron chi connectivity index (χ3n) is 1.36. The zero-order valence-corrected chi connectivity index (χ0v) is 6.37. The van der Waals surface area contributed by atoms with Crippen molar-refractivity contribution in [2.75, 3.05) is 0 Å². The van der Waals surface area contributed by atoms with Crippen LogP contribution in [-0.4, -0.2) is 6.04 Å². The molecule has 0 aliphatic rings. The monoisotopic (exact) mass is 150 g/mol. The Labute approximate surface area is 65.6 Å². The van der Waals surface area contributed by atoms with Crippen molar-refractivity contribution >= 4 is 0 Å². The van der Waals surface area contributed by atoms with Crippen LogP contribution in [0.1, 0.15) is 12.7 Å². The Kier molecular flexibility index (Phi) is 2.70. The van der Waals surface area contributed by atoms with Gasteiger partial charge in [-0.15, -0.1) is 0 Å². The van der Waals surface area contributed by atoms with Crippen LogP contribution in [0.4, 0.5) is 0 Å². The number of furan rings is 1. The van der Waals surface area contributed by atoms with Crippen LogP contribution in [0.3, 0.4) is 0 Å². The van der Waals surface area contributed by atoms with Crippen molar-refractivity contribution in [3.05, 3.63) is 24.2 Å². The van der Waals surface area contributed by atoms with E-state index in [0.29, 0.717) is 6.54 Å². The van der Waals surface area contributed by atoms with Crippen molar-refractivity contribution in [1.29, 1.82) is 5.26 Å². The van der Waals surface area contributed by atoms with Gasteiger partial charge >= 0.3 is 0 Å². The van der Waals surface area contributed by atoms with E-state index in [1.807, 2.05) is 19.1 Å². The average Bonchev–Trinajstić information content (AvgIpc) is 2.52. The van der Waals surface area contributed by atoms with Crippen LogP contribution >= 0.6 is 0 Å². The highest BCUT2D eigenvalue weighted by atomic mass is 16.3. The van der Waals surface area contributed by atoms with Gasteiger partial charge in [0.15, 0.2) is 0 Å². The molecule has 0 aromatic carbocycles. The standard InChI is InChI=1S/C8H10N2O/c1-7(5-9)10-6-8-3-2-4-11-8/h2-4,7,10H,6H2,1H3. The number of rotatable bonds is 3. The molecule has 1 aromatic heterocycles. The molecule has 58 valence electrons. The lowest BCUT2D eigenvalue weighted by atomic mass is 10.3.